The van der Waals surface area contributed by atoms with Gasteiger partial charge in [-0.25, -0.2) is 0 Å². The van der Waals surface area contributed by atoms with Gasteiger partial charge in [-0.3, -0.25) is 14.4 Å². The molecule has 0 atom stereocenters. The van der Waals surface area contributed by atoms with Gasteiger partial charge >= 0.3 is 11.8 Å². The molecule has 0 aliphatic carbocycles. The second-order valence-corrected chi connectivity index (χ2v) is 6.23. The van der Waals surface area contributed by atoms with Gasteiger partial charge in [0.1, 0.15) is 6.54 Å². The van der Waals surface area contributed by atoms with Crippen LogP contribution in [-0.4, -0.2) is 78.7 Å². The average molecular weight is 335 g/mol. The standard InChI is InChI=1S/C14H26N4O3.ClH/c1-5-17-6-7-18(13(21)12(17)20)8-11(19)16(4)10-14(2,3)9-15;/h5-10,15H2,1-4H3;1H. The van der Waals surface area contributed by atoms with Crippen molar-refractivity contribution >= 4 is 30.1 Å². The van der Waals surface area contributed by atoms with E-state index in [1.807, 2.05) is 20.8 Å². The van der Waals surface area contributed by atoms with E-state index in [-0.39, 0.29) is 30.3 Å². The smallest absolute Gasteiger partial charge is 0.312 e. The number of carbonyl (C=O) groups is 3. The number of hydrogen-bond acceptors (Lipinski definition) is 4. The van der Waals surface area contributed by atoms with Crippen LogP contribution in [0.15, 0.2) is 0 Å². The molecule has 1 rings (SSSR count). The molecule has 128 valence electrons. The molecule has 8 heteroatoms. The molecule has 0 aromatic heterocycles. The molecule has 0 aromatic rings. The maximum absolute atomic E-state index is 12.2. The van der Waals surface area contributed by atoms with Gasteiger partial charge in [0.2, 0.25) is 5.91 Å². The molecule has 0 bridgehead atoms. The molecule has 0 saturated carbocycles. The van der Waals surface area contributed by atoms with Crippen LogP contribution in [0.4, 0.5) is 0 Å². The maximum atomic E-state index is 12.2. The fraction of sp³-hybridized carbons (Fsp3) is 0.786. The molecular weight excluding hydrogens is 308 g/mol. The SMILES string of the molecule is CCN1CCN(CC(=O)N(C)CC(C)(C)CN)C(=O)C1=O.Cl. The van der Waals surface area contributed by atoms with Crippen molar-refractivity contribution < 1.29 is 14.4 Å². The van der Waals surface area contributed by atoms with Gasteiger partial charge in [-0.1, -0.05) is 13.8 Å². The van der Waals surface area contributed by atoms with Gasteiger partial charge < -0.3 is 20.4 Å². The van der Waals surface area contributed by atoms with Crippen molar-refractivity contribution in [3.05, 3.63) is 0 Å². The summed E-state index contributed by atoms with van der Waals surface area (Å²) in [6.45, 7) is 8.10. The fourth-order valence-corrected chi connectivity index (χ4v) is 2.25. The van der Waals surface area contributed by atoms with Crippen molar-refractivity contribution in [3.63, 3.8) is 0 Å². The first kappa shape index (κ1) is 20.7. The van der Waals surface area contributed by atoms with Gasteiger partial charge in [-0.15, -0.1) is 12.4 Å². The molecule has 1 fully saturated rings. The lowest BCUT2D eigenvalue weighted by molar-refractivity contribution is -0.157. The molecule has 0 aromatic carbocycles. The molecule has 1 heterocycles. The summed E-state index contributed by atoms with van der Waals surface area (Å²) < 4.78 is 0. The number of rotatable bonds is 6. The van der Waals surface area contributed by atoms with Gasteiger partial charge in [0, 0.05) is 33.2 Å². The average Bonchev–Trinajstić information content (AvgIpc) is 2.43. The van der Waals surface area contributed by atoms with E-state index >= 15 is 0 Å². The molecule has 22 heavy (non-hydrogen) atoms. The number of carbonyl (C=O) groups excluding carboxylic acids is 3. The lowest BCUT2D eigenvalue weighted by Gasteiger charge is -2.34. The maximum Gasteiger partial charge on any atom is 0.312 e. The summed E-state index contributed by atoms with van der Waals surface area (Å²) in [4.78, 5) is 40.3. The zero-order valence-corrected chi connectivity index (χ0v) is 14.6. The highest BCUT2D eigenvalue weighted by molar-refractivity contribution is 6.35. The van der Waals surface area contributed by atoms with Gasteiger partial charge in [0.25, 0.3) is 0 Å². The summed E-state index contributed by atoms with van der Waals surface area (Å²) >= 11 is 0. The normalized spacial score (nSPS) is 15.7. The van der Waals surface area contributed by atoms with Crippen molar-refractivity contribution in [1.82, 2.24) is 14.7 Å². The predicted molar refractivity (Wildman–Crippen MR) is 86.6 cm³/mol. The van der Waals surface area contributed by atoms with E-state index < -0.39 is 11.8 Å². The van der Waals surface area contributed by atoms with Crippen molar-refractivity contribution in [1.29, 1.82) is 0 Å². The van der Waals surface area contributed by atoms with Crippen LogP contribution in [0.1, 0.15) is 20.8 Å². The summed E-state index contributed by atoms with van der Waals surface area (Å²) in [7, 11) is 1.69. The van der Waals surface area contributed by atoms with Gasteiger partial charge in [-0.2, -0.15) is 0 Å². The number of piperazine rings is 1. The quantitative estimate of drug-likeness (QED) is 0.666. The highest BCUT2D eigenvalue weighted by Gasteiger charge is 2.33. The van der Waals surface area contributed by atoms with Gasteiger partial charge in [0.15, 0.2) is 0 Å². The van der Waals surface area contributed by atoms with E-state index in [1.165, 1.54) is 9.80 Å². The summed E-state index contributed by atoms with van der Waals surface area (Å²) in [5, 5.41) is 0. The second-order valence-electron chi connectivity index (χ2n) is 6.23. The third kappa shape index (κ3) is 5.14. The van der Waals surface area contributed by atoms with Crippen molar-refractivity contribution in [2.24, 2.45) is 11.1 Å². The lowest BCUT2D eigenvalue weighted by atomic mass is 9.93. The molecule has 2 N–H and O–H groups in total. The van der Waals surface area contributed by atoms with E-state index in [2.05, 4.69) is 0 Å². The topological polar surface area (TPSA) is 86.9 Å². The number of nitrogens with zero attached hydrogens (tertiary/aromatic N) is 3. The Morgan fingerprint density at radius 1 is 1.23 bits per heavy atom. The molecule has 0 unspecified atom stereocenters. The zero-order valence-electron chi connectivity index (χ0n) is 13.8. The van der Waals surface area contributed by atoms with Crippen LogP contribution >= 0.6 is 12.4 Å². The zero-order chi connectivity index (χ0) is 16.2. The molecule has 0 radical (unpaired) electrons. The molecule has 1 aliphatic rings. The van der Waals surface area contributed by atoms with E-state index in [0.717, 1.165) is 0 Å². The molecule has 0 spiro atoms. The third-order valence-corrected chi connectivity index (χ3v) is 3.75. The van der Waals surface area contributed by atoms with E-state index in [9.17, 15) is 14.4 Å². The van der Waals surface area contributed by atoms with Crippen LogP contribution in [0.5, 0.6) is 0 Å². The first-order valence-electron chi connectivity index (χ1n) is 7.24. The largest absolute Gasteiger partial charge is 0.344 e. The number of likely N-dealkylation sites (N-methyl/N-ethyl adjacent to an activating group) is 2. The fourth-order valence-electron chi connectivity index (χ4n) is 2.25. The minimum absolute atomic E-state index is 0. The second kappa shape index (κ2) is 8.33. The summed E-state index contributed by atoms with van der Waals surface area (Å²) in [6.07, 6.45) is 0. The van der Waals surface area contributed by atoms with E-state index in [4.69, 9.17) is 5.73 Å². The first-order chi connectivity index (χ1) is 9.71. The Kier molecular flexibility index (Phi) is 7.83. The Bertz CT molecular complexity index is 428. The van der Waals surface area contributed by atoms with Crippen molar-refractivity contribution in [2.45, 2.75) is 20.8 Å². The lowest BCUT2D eigenvalue weighted by Crippen LogP contribution is -2.56. The van der Waals surface area contributed by atoms with Crippen molar-refractivity contribution in [2.75, 3.05) is 46.3 Å². The summed E-state index contributed by atoms with van der Waals surface area (Å²) in [6, 6.07) is 0. The van der Waals surface area contributed by atoms with E-state index in [0.29, 0.717) is 32.7 Å². The number of halogens is 1. The Hall–Kier alpha value is -1.34. The first-order valence-corrected chi connectivity index (χ1v) is 7.24. The van der Waals surface area contributed by atoms with Gasteiger partial charge in [-0.05, 0) is 18.9 Å². The van der Waals surface area contributed by atoms with Crippen LogP contribution in [-0.2, 0) is 14.4 Å². The Balaban J connectivity index is 0.00000441. The summed E-state index contributed by atoms with van der Waals surface area (Å²) in [5.41, 5.74) is 5.48. The Morgan fingerprint density at radius 3 is 2.23 bits per heavy atom. The Labute approximate surface area is 138 Å². The molecule has 1 aliphatic heterocycles. The minimum Gasteiger partial charge on any atom is -0.344 e. The highest BCUT2D eigenvalue weighted by Crippen LogP contribution is 2.14. The molecule has 1 saturated heterocycles. The minimum atomic E-state index is -0.595. The number of amides is 3. The van der Waals surface area contributed by atoms with Crippen LogP contribution in [0.3, 0.4) is 0 Å². The number of nitrogens with two attached hydrogens (primary N) is 1. The van der Waals surface area contributed by atoms with Crippen molar-refractivity contribution in [3.8, 4) is 0 Å². The molecule has 3 amide bonds. The van der Waals surface area contributed by atoms with Crippen LogP contribution < -0.4 is 5.73 Å². The summed E-state index contributed by atoms with van der Waals surface area (Å²) in [5.74, 6) is -1.30. The van der Waals surface area contributed by atoms with Gasteiger partial charge in [0.05, 0.1) is 0 Å². The van der Waals surface area contributed by atoms with Crippen LogP contribution in [0, 0.1) is 5.41 Å². The molecular formula is C14H27ClN4O3. The highest BCUT2D eigenvalue weighted by atomic mass is 35.5. The van der Waals surface area contributed by atoms with Crippen LogP contribution in [0.2, 0.25) is 0 Å². The third-order valence-electron chi connectivity index (χ3n) is 3.75. The number of hydrogen-bond donors (Lipinski definition) is 1. The van der Waals surface area contributed by atoms with Crippen LogP contribution in [0.25, 0.3) is 0 Å². The Morgan fingerprint density at radius 2 is 1.73 bits per heavy atom. The van der Waals surface area contributed by atoms with E-state index in [1.54, 1.807) is 11.9 Å². The predicted octanol–water partition coefficient (Wildman–Crippen LogP) is -0.458. The monoisotopic (exact) mass is 334 g/mol. The molecule has 7 nitrogen and oxygen atoms in total.